The zero-order valence-electron chi connectivity index (χ0n) is 11.4. The largest absolute Gasteiger partial charge is 0.466 e. The molecule has 0 saturated heterocycles. The van der Waals surface area contributed by atoms with E-state index in [2.05, 4.69) is 0 Å². The molecule has 1 aliphatic carbocycles. The van der Waals surface area contributed by atoms with Gasteiger partial charge < -0.3 is 4.74 Å². The Bertz CT molecular complexity index is 505. The van der Waals surface area contributed by atoms with Crippen molar-refractivity contribution in [3.63, 3.8) is 0 Å². The molecule has 1 unspecified atom stereocenters. The predicted molar refractivity (Wildman–Crippen MR) is 73.1 cm³/mol. The van der Waals surface area contributed by atoms with E-state index in [1.807, 2.05) is 19.1 Å². The molecular formula is C16H19FO2. The second-order valence-corrected chi connectivity index (χ2v) is 4.87. The topological polar surface area (TPSA) is 26.3 Å². The molecule has 2 rings (SSSR count). The van der Waals surface area contributed by atoms with E-state index in [9.17, 15) is 9.18 Å². The van der Waals surface area contributed by atoms with Gasteiger partial charge in [-0.25, -0.2) is 4.39 Å². The van der Waals surface area contributed by atoms with Crippen LogP contribution in [0.1, 0.15) is 37.3 Å². The van der Waals surface area contributed by atoms with Crippen molar-refractivity contribution in [1.82, 2.24) is 0 Å². The van der Waals surface area contributed by atoms with E-state index in [1.165, 1.54) is 6.07 Å². The molecule has 2 nitrogen and oxygen atoms in total. The summed E-state index contributed by atoms with van der Waals surface area (Å²) in [5.74, 6) is -0.336. The van der Waals surface area contributed by atoms with Crippen molar-refractivity contribution in [2.45, 2.75) is 33.1 Å². The molecule has 102 valence electrons. The Morgan fingerprint density at radius 1 is 1.47 bits per heavy atom. The number of carbonyl (C=O) groups is 1. The van der Waals surface area contributed by atoms with E-state index in [0.29, 0.717) is 18.6 Å². The summed E-state index contributed by atoms with van der Waals surface area (Å²) in [5, 5.41) is 0. The van der Waals surface area contributed by atoms with Crippen molar-refractivity contribution >= 4 is 11.5 Å². The first-order valence-corrected chi connectivity index (χ1v) is 6.74. The summed E-state index contributed by atoms with van der Waals surface area (Å²) in [7, 11) is 0. The van der Waals surface area contributed by atoms with Gasteiger partial charge in [0.15, 0.2) is 0 Å². The Morgan fingerprint density at radius 3 is 2.89 bits per heavy atom. The van der Waals surface area contributed by atoms with Gasteiger partial charge in [0.2, 0.25) is 0 Å². The zero-order valence-corrected chi connectivity index (χ0v) is 11.4. The highest BCUT2D eigenvalue weighted by atomic mass is 19.1. The van der Waals surface area contributed by atoms with Crippen LogP contribution in [0.4, 0.5) is 4.39 Å². The Morgan fingerprint density at radius 2 is 2.26 bits per heavy atom. The van der Waals surface area contributed by atoms with Gasteiger partial charge in [0.25, 0.3) is 0 Å². The third-order valence-electron chi connectivity index (χ3n) is 3.64. The predicted octanol–water partition coefficient (Wildman–Crippen LogP) is 3.88. The van der Waals surface area contributed by atoms with E-state index in [4.69, 9.17) is 4.74 Å². The minimum Gasteiger partial charge on any atom is -0.466 e. The normalized spacial score (nSPS) is 18.9. The lowest BCUT2D eigenvalue weighted by Crippen LogP contribution is -2.19. The summed E-state index contributed by atoms with van der Waals surface area (Å²) in [4.78, 5) is 11.7. The molecule has 1 aliphatic rings. The van der Waals surface area contributed by atoms with Crippen molar-refractivity contribution < 1.29 is 13.9 Å². The quantitative estimate of drug-likeness (QED) is 0.773. The van der Waals surface area contributed by atoms with E-state index < -0.39 is 0 Å². The van der Waals surface area contributed by atoms with Crippen LogP contribution in [0.5, 0.6) is 0 Å². The fourth-order valence-electron chi connectivity index (χ4n) is 2.51. The molecule has 1 aromatic rings. The van der Waals surface area contributed by atoms with Crippen LogP contribution in [-0.4, -0.2) is 12.6 Å². The number of rotatable bonds is 3. The highest BCUT2D eigenvalue weighted by Gasteiger charge is 2.23. The summed E-state index contributed by atoms with van der Waals surface area (Å²) in [6.45, 7) is 4.04. The summed E-state index contributed by atoms with van der Waals surface area (Å²) in [6.07, 6.45) is 4.31. The first-order valence-electron chi connectivity index (χ1n) is 6.74. The molecule has 1 aromatic carbocycles. The molecule has 0 aliphatic heterocycles. The first-order chi connectivity index (χ1) is 9.13. The number of hydrogen-bond donors (Lipinski definition) is 0. The SMILES string of the molecule is CCOC(=O)C1CC=C(c2cccc(F)c2C)CC1. The molecule has 0 heterocycles. The lowest BCUT2D eigenvalue weighted by molar-refractivity contribution is -0.148. The van der Waals surface area contributed by atoms with Crippen molar-refractivity contribution in [3.05, 3.63) is 41.2 Å². The minimum atomic E-state index is -0.175. The highest BCUT2D eigenvalue weighted by molar-refractivity contribution is 5.76. The van der Waals surface area contributed by atoms with Crippen LogP contribution in [0.2, 0.25) is 0 Å². The van der Waals surface area contributed by atoms with Crippen LogP contribution in [0.15, 0.2) is 24.3 Å². The molecule has 19 heavy (non-hydrogen) atoms. The third-order valence-corrected chi connectivity index (χ3v) is 3.64. The first kappa shape index (κ1) is 13.8. The molecule has 0 aromatic heterocycles. The molecule has 3 heteroatoms. The standard InChI is InChI=1S/C16H19FO2/c1-3-19-16(18)13-9-7-12(8-10-13)14-5-4-6-15(17)11(14)2/h4-7,13H,3,8-10H2,1-2H3. The van der Waals surface area contributed by atoms with Gasteiger partial charge in [-0.2, -0.15) is 0 Å². The highest BCUT2D eigenvalue weighted by Crippen LogP contribution is 2.32. The molecule has 0 fully saturated rings. The summed E-state index contributed by atoms with van der Waals surface area (Å²) < 4.78 is 18.6. The Balaban J connectivity index is 2.13. The molecule has 0 bridgehead atoms. The van der Waals surface area contributed by atoms with Crippen LogP contribution in [0.25, 0.3) is 5.57 Å². The third kappa shape index (κ3) is 3.03. The van der Waals surface area contributed by atoms with E-state index in [0.717, 1.165) is 24.0 Å². The van der Waals surface area contributed by atoms with Crippen molar-refractivity contribution in [2.75, 3.05) is 6.61 Å². The van der Waals surface area contributed by atoms with Crippen molar-refractivity contribution in [2.24, 2.45) is 5.92 Å². The van der Waals surface area contributed by atoms with Gasteiger partial charge in [-0.1, -0.05) is 18.2 Å². The average Bonchev–Trinajstić information content (AvgIpc) is 2.42. The number of carbonyl (C=O) groups excluding carboxylic acids is 1. The maximum atomic E-state index is 13.5. The van der Waals surface area contributed by atoms with Crippen LogP contribution < -0.4 is 0 Å². The lowest BCUT2D eigenvalue weighted by Gasteiger charge is -2.21. The molecule has 1 atom stereocenters. The smallest absolute Gasteiger partial charge is 0.309 e. The van der Waals surface area contributed by atoms with Crippen LogP contribution in [0.3, 0.4) is 0 Å². The maximum Gasteiger partial charge on any atom is 0.309 e. The van der Waals surface area contributed by atoms with Crippen molar-refractivity contribution in [1.29, 1.82) is 0 Å². The zero-order chi connectivity index (χ0) is 13.8. The Labute approximate surface area is 113 Å². The number of halogens is 1. The fourth-order valence-corrected chi connectivity index (χ4v) is 2.51. The summed E-state index contributed by atoms with van der Waals surface area (Å²) in [6, 6.07) is 5.15. The second kappa shape index (κ2) is 6.00. The van der Waals surface area contributed by atoms with E-state index in [1.54, 1.807) is 13.0 Å². The van der Waals surface area contributed by atoms with Crippen molar-refractivity contribution in [3.8, 4) is 0 Å². The summed E-state index contributed by atoms with van der Waals surface area (Å²) in [5.41, 5.74) is 2.78. The van der Waals surface area contributed by atoms with Crippen LogP contribution in [0, 0.1) is 18.7 Å². The lowest BCUT2D eigenvalue weighted by atomic mass is 9.85. The minimum absolute atomic E-state index is 0.0439. The number of ether oxygens (including phenoxy) is 1. The van der Waals surface area contributed by atoms with E-state index in [-0.39, 0.29) is 17.7 Å². The number of esters is 1. The molecule has 0 saturated carbocycles. The van der Waals surface area contributed by atoms with Gasteiger partial charge in [0.05, 0.1) is 12.5 Å². The van der Waals surface area contributed by atoms with Crippen LogP contribution >= 0.6 is 0 Å². The monoisotopic (exact) mass is 262 g/mol. The van der Waals surface area contributed by atoms with Gasteiger partial charge in [0.1, 0.15) is 5.82 Å². The Kier molecular flexibility index (Phi) is 4.35. The van der Waals surface area contributed by atoms with Gasteiger partial charge in [-0.05, 0) is 55.9 Å². The van der Waals surface area contributed by atoms with E-state index >= 15 is 0 Å². The molecule has 0 radical (unpaired) electrons. The van der Waals surface area contributed by atoms with Gasteiger partial charge >= 0.3 is 5.97 Å². The number of benzene rings is 1. The summed E-state index contributed by atoms with van der Waals surface area (Å²) >= 11 is 0. The number of allylic oxidation sites excluding steroid dienone is 2. The number of hydrogen-bond acceptors (Lipinski definition) is 2. The van der Waals surface area contributed by atoms with Gasteiger partial charge in [-0.3, -0.25) is 4.79 Å². The van der Waals surface area contributed by atoms with Crippen LogP contribution in [-0.2, 0) is 9.53 Å². The maximum absolute atomic E-state index is 13.5. The van der Waals surface area contributed by atoms with Gasteiger partial charge in [-0.15, -0.1) is 0 Å². The average molecular weight is 262 g/mol. The molecular weight excluding hydrogens is 243 g/mol. The Hall–Kier alpha value is -1.64. The van der Waals surface area contributed by atoms with Gasteiger partial charge in [0, 0.05) is 0 Å². The molecule has 0 amide bonds. The fraction of sp³-hybridized carbons (Fsp3) is 0.438. The molecule has 0 N–H and O–H groups in total. The second-order valence-electron chi connectivity index (χ2n) is 4.87. The molecule has 0 spiro atoms.